The van der Waals surface area contributed by atoms with Gasteiger partial charge in [-0.25, -0.2) is 0 Å². The maximum atomic E-state index is 2.43. The summed E-state index contributed by atoms with van der Waals surface area (Å²) in [5.41, 5.74) is 18.2. The fourth-order valence-electron chi connectivity index (χ4n) is 13.8. The van der Waals surface area contributed by atoms with Crippen molar-refractivity contribution in [2.45, 2.75) is 5.41 Å². The molecule has 0 unspecified atom stereocenters. The Labute approximate surface area is 440 Å². The highest BCUT2D eigenvalue weighted by Crippen LogP contribution is 2.62. The smallest absolute Gasteiger partial charge is 0.0725 e. The monoisotopic (exact) mass is 961 g/mol. The van der Waals surface area contributed by atoms with Crippen molar-refractivity contribution >= 4 is 75.7 Å². The Hall–Kier alpha value is -9.82. The van der Waals surface area contributed by atoms with Gasteiger partial charge in [0.25, 0.3) is 0 Å². The van der Waals surface area contributed by atoms with Crippen LogP contribution in [0.2, 0.25) is 0 Å². The highest BCUT2D eigenvalue weighted by molar-refractivity contribution is 6.23. The molecule has 1 aromatic heterocycles. The number of fused-ring (bicyclic) bond motifs is 15. The molecule has 1 nitrogen and oxygen atoms in total. The number of para-hydroxylation sites is 2. The van der Waals surface area contributed by atoms with E-state index in [0.29, 0.717) is 0 Å². The first-order valence-electron chi connectivity index (χ1n) is 26.5. The summed E-state index contributed by atoms with van der Waals surface area (Å²) in [5, 5.41) is 15.1. The molecule has 0 atom stereocenters. The van der Waals surface area contributed by atoms with Crippen LogP contribution in [0.1, 0.15) is 22.3 Å². The van der Waals surface area contributed by atoms with Crippen molar-refractivity contribution in [3.05, 3.63) is 307 Å². The van der Waals surface area contributed by atoms with Gasteiger partial charge in [0, 0.05) is 16.5 Å². The van der Waals surface area contributed by atoms with Crippen molar-refractivity contribution in [1.82, 2.24) is 4.57 Å². The van der Waals surface area contributed by atoms with Crippen LogP contribution in [0, 0.1) is 0 Å². The minimum atomic E-state index is -0.584. The van der Waals surface area contributed by atoms with Gasteiger partial charge in [-0.2, -0.15) is 0 Å². The van der Waals surface area contributed by atoms with E-state index < -0.39 is 5.41 Å². The Bertz CT molecular complexity index is 4760. The lowest BCUT2D eigenvalue weighted by atomic mass is 9.65. The number of benzene rings is 14. The molecule has 352 valence electrons. The fourth-order valence-corrected chi connectivity index (χ4v) is 13.8. The van der Waals surface area contributed by atoms with E-state index in [1.807, 2.05) is 0 Å². The van der Waals surface area contributed by atoms with E-state index in [9.17, 15) is 0 Å². The second kappa shape index (κ2) is 16.6. The summed E-state index contributed by atoms with van der Waals surface area (Å²) in [6.07, 6.45) is 0. The van der Waals surface area contributed by atoms with E-state index in [-0.39, 0.29) is 0 Å². The van der Waals surface area contributed by atoms with Gasteiger partial charge in [0.15, 0.2) is 0 Å². The van der Waals surface area contributed by atoms with Crippen LogP contribution in [-0.2, 0) is 5.41 Å². The van der Waals surface area contributed by atoms with Gasteiger partial charge in [-0.05, 0) is 163 Å². The Kier molecular flexibility index (Phi) is 9.32. The number of nitrogens with zero attached hydrogens (tertiary/aromatic N) is 1. The van der Waals surface area contributed by atoms with Crippen molar-refractivity contribution < 1.29 is 0 Å². The third-order valence-electron chi connectivity index (χ3n) is 16.8. The summed E-state index contributed by atoms with van der Waals surface area (Å²) in [6.45, 7) is 0. The molecule has 0 radical (unpaired) electrons. The zero-order valence-corrected chi connectivity index (χ0v) is 41.6. The maximum Gasteiger partial charge on any atom is 0.0725 e. The van der Waals surface area contributed by atoms with Gasteiger partial charge in [0.1, 0.15) is 0 Å². The maximum absolute atomic E-state index is 2.43. The number of hydrogen-bond acceptors (Lipinski definition) is 0. The Balaban J connectivity index is 0.886. The summed E-state index contributed by atoms with van der Waals surface area (Å²) in [6, 6.07) is 107. The van der Waals surface area contributed by atoms with Crippen molar-refractivity contribution in [3.8, 4) is 50.2 Å². The number of rotatable bonds is 6. The van der Waals surface area contributed by atoms with Gasteiger partial charge in [0.2, 0.25) is 0 Å². The van der Waals surface area contributed by atoms with Gasteiger partial charge in [-0.3, -0.25) is 0 Å². The van der Waals surface area contributed by atoms with E-state index in [2.05, 4.69) is 290 Å². The van der Waals surface area contributed by atoms with Crippen LogP contribution >= 0.6 is 0 Å². The standard InChI is InChI=1S/C75H47N/c1-4-23-53(24-5-1)75(54-25-6-2-7-26-54)73-56-42-39-49(45-50(56)40-43-66(73)72-60-32-12-10-29-57(60)58-30-11-17-37-65(58)74(72)75)48-21-20-22-51(46-48)70-61-33-13-15-35-63(61)71(64-36-16-14-34-62(64)70)52-41-44-69-67(47-52)59-31-18-19-38-68(59)76(69)55-27-8-3-9-28-55/h1-47H. The van der Waals surface area contributed by atoms with Gasteiger partial charge < -0.3 is 4.57 Å². The average Bonchev–Trinajstić information content (AvgIpc) is 4.08. The molecule has 0 spiro atoms. The van der Waals surface area contributed by atoms with E-state index in [0.717, 1.165) is 5.69 Å². The molecular formula is C75H47N. The van der Waals surface area contributed by atoms with Crippen LogP contribution in [-0.4, -0.2) is 4.57 Å². The summed E-state index contributed by atoms with van der Waals surface area (Å²) in [7, 11) is 0. The predicted molar refractivity (Wildman–Crippen MR) is 322 cm³/mol. The van der Waals surface area contributed by atoms with Gasteiger partial charge >= 0.3 is 0 Å². The molecule has 15 aromatic rings. The van der Waals surface area contributed by atoms with E-state index >= 15 is 0 Å². The molecule has 0 saturated carbocycles. The lowest BCUT2D eigenvalue weighted by molar-refractivity contribution is 0.783. The zero-order valence-electron chi connectivity index (χ0n) is 41.6. The van der Waals surface area contributed by atoms with Crippen molar-refractivity contribution in [3.63, 3.8) is 0 Å². The van der Waals surface area contributed by atoms with E-state index in [1.165, 1.54) is 142 Å². The average molecular weight is 962 g/mol. The molecule has 16 rings (SSSR count). The molecule has 1 aliphatic carbocycles. The van der Waals surface area contributed by atoms with Crippen LogP contribution in [0.25, 0.3) is 126 Å². The molecule has 0 amide bonds. The normalized spacial score (nSPS) is 12.8. The second-order valence-electron chi connectivity index (χ2n) is 20.6. The zero-order chi connectivity index (χ0) is 49.9. The molecule has 0 N–H and O–H groups in total. The van der Waals surface area contributed by atoms with Gasteiger partial charge in [-0.1, -0.05) is 243 Å². The summed E-state index contributed by atoms with van der Waals surface area (Å²) >= 11 is 0. The Morgan fingerprint density at radius 1 is 0.237 bits per heavy atom. The minimum Gasteiger partial charge on any atom is -0.309 e. The summed E-state index contributed by atoms with van der Waals surface area (Å²) in [5.74, 6) is 0. The third kappa shape index (κ3) is 6.03. The van der Waals surface area contributed by atoms with Crippen LogP contribution in [0.3, 0.4) is 0 Å². The summed E-state index contributed by atoms with van der Waals surface area (Å²) in [4.78, 5) is 0. The van der Waals surface area contributed by atoms with Crippen LogP contribution in [0.4, 0.5) is 0 Å². The highest BCUT2D eigenvalue weighted by Gasteiger charge is 2.49. The minimum absolute atomic E-state index is 0.584. The molecule has 0 aliphatic heterocycles. The summed E-state index contributed by atoms with van der Waals surface area (Å²) < 4.78 is 2.40. The molecule has 0 bridgehead atoms. The first kappa shape index (κ1) is 42.7. The predicted octanol–water partition coefficient (Wildman–Crippen LogP) is 19.9. The van der Waals surface area contributed by atoms with Gasteiger partial charge in [0.05, 0.1) is 16.4 Å². The third-order valence-corrected chi connectivity index (χ3v) is 16.8. The fraction of sp³-hybridized carbons (Fsp3) is 0.0133. The molecule has 1 heteroatoms. The molecular weight excluding hydrogens is 915 g/mol. The van der Waals surface area contributed by atoms with Crippen molar-refractivity contribution in [2.24, 2.45) is 0 Å². The van der Waals surface area contributed by atoms with Crippen LogP contribution in [0.5, 0.6) is 0 Å². The molecule has 1 heterocycles. The topological polar surface area (TPSA) is 4.93 Å². The first-order chi connectivity index (χ1) is 37.7. The quantitative estimate of drug-likeness (QED) is 0.116. The molecule has 76 heavy (non-hydrogen) atoms. The first-order valence-corrected chi connectivity index (χ1v) is 26.5. The van der Waals surface area contributed by atoms with Crippen molar-refractivity contribution in [2.75, 3.05) is 0 Å². The number of hydrogen-bond donors (Lipinski definition) is 0. The molecule has 14 aromatic carbocycles. The molecule has 0 saturated heterocycles. The largest absolute Gasteiger partial charge is 0.309 e. The van der Waals surface area contributed by atoms with Gasteiger partial charge in [-0.15, -0.1) is 0 Å². The van der Waals surface area contributed by atoms with E-state index in [1.54, 1.807) is 0 Å². The highest BCUT2D eigenvalue weighted by atomic mass is 15.0. The Morgan fingerprint density at radius 3 is 1.33 bits per heavy atom. The molecule has 0 fully saturated rings. The Morgan fingerprint density at radius 2 is 0.697 bits per heavy atom. The second-order valence-corrected chi connectivity index (χ2v) is 20.6. The van der Waals surface area contributed by atoms with Crippen LogP contribution < -0.4 is 0 Å². The van der Waals surface area contributed by atoms with Crippen molar-refractivity contribution in [1.29, 1.82) is 0 Å². The number of aromatic nitrogens is 1. The van der Waals surface area contributed by atoms with E-state index in [4.69, 9.17) is 0 Å². The van der Waals surface area contributed by atoms with Crippen LogP contribution in [0.15, 0.2) is 285 Å². The SMILES string of the molecule is c1ccc(-n2c3ccccc3c3cc(-c4c5ccccc5c(-c5cccc(-c6ccc7c8c(ccc7c6)-c6c(c7ccccc7c7ccccc67)C8(c6ccccc6)c6ccccc6)c5)c5ccccc45)ccc32)cc1. The molecule has 1 aliphatic rings. The lowest BCUT2D eigenvalue weighted by Crippen LogP contribution is -2.29. The lowest BCUT2D eigenvalue weighted by Gasteiger charge is -2.35.